The Kier molecular flexibility index (Phi) is 4.02. The number of amides is 1. The Morgan fingerprint density at radius 3 is 2.75 bits per heavy atom. The molecule has 1 amide bonds. The van der Waals surface area contributed by atoms with Crippen LogP contribution < -0.4 is 5.32 Å². The number of carbonyl (C=O) groups excluding carboxylic acids is 1. The normalized spacial score (nSPS) is 11.4. The fourth-order valence-electron chi connectivity index (χ4n) is 1.40. The number of H-pyrrole nitrogens is 1. The van der Waals surface area contributed by atoms with Gasteiger partial charge >= 0.3 is 6.18 Å². The van der Waals surface area contributed by atoms with Gasteiger partial charge in [-0.1, -0.05) is 21.1 Å². The van der Waals surface area contributed by atoms with Crippen LogP contribution in [0.5, 0.6) is 0 Å². The Hall–Kier alpha value is -1.97. The number of rotatable bonds is 3. The molecule has 0 radical (unpaired) electrons. The first-order valence-electron chi connectivity index (χ1n) is 5.25. The van der Waals surface area contributed by atoms with Gasteiger partial charge in [0.1, 0.15) is 0 Å². The highest BCUT2D eigenvalue weighted by Crippen LogP contribution is 2.35. The predicted molar refractivity (Wildman–Crippen MR) is 64.5 cm³/mol. The van der Waals surface area contributed by atoms with Crippen molar-refractivity contribution in [1.29, 1.82) is 0 Å². The zero-order chi connectivity index (χ0) is 14.8. The first-order valence-corrected chi connectivity index (χ1v) is 6.04. The van der Waals surface area contributed by atoms with Gasteiger partial charge in [-0.25, -0.2) is 0 Å². The molecule has 6 nitrogen and oxygen atoms in total. The van der Waals surface area contributed by atoms with Crippen LogP contribution in [-0.4, -0.2) is 26.5 Å². The summed E-state index contributed by atoms with van der Waals surface area (Å²) in [7, 11) is 0. The summed E-state index contributed by atoms with van der Waals surface area (Å²) in [6.45, 7) is -0.0350. The average Bonchev–Trinajstić information content (AvgIpc) is 2.88. The number of aromatic amines is 1. The van der Waals surface area contributed by atoms with Gasteiger partial charge in [-0.3, -0.25) is 4.79 Å². The topological polar surface area (TPSA) is 83.6 Å². The first-order chi connectivity index (χ1) is 9.38. The van der Waals surface area contributed by atoms with E-state index in [1.54, 1.807) is 0 Å². The van der Waals surface area contributed by atoms with E-state index in [2.05, 4.69) is 41.9 Å². The molecule has 0 bridgehead atoms. The summed E-state index contributed by atoms with van der Waals surface area (Å²) in [5.41, 5.74) is -1.02. The maximum atomic E-state index is 12.7. The SMILES string of the molecule is O=C(NCc1nn[nH]n1)c1ccc(Br)c(C(F)(F)F)c1. The largest absolute Gasteiger partial charge is 0.417 e. The molecule has 0 spiro atoms. The zero-order valence-electron chi connectivity index (χ0n) is 9.70. The zero-order valence-corrected chi connectivity index (χ0v) is 11.3. The van der Waals surface area contributed by atoms with Crippen LogP contribution in [0.15, 0.2) is 22.7 Å². The van der Waals surface area contributed by atoms with Crippen LogP contribution in [0.1, 0.15) is 21.7 Å². The summed E-state index contributed by atoms with van der Waals surface area (Å²) in [6.07, 6.45) is -4.54. The van der Waals surface area contributed by atoms with Gasteiger partial charge < -0.3 is 5.32 Å². The van der Waals surface area contributed by atoms with Crippen molar-refractivity contribution in [3.63, 3.8) is 0 Å². The minimum Gasteiger partial charge on any atom is -0.345 e. The number of benzene rings is 1. The lowest BCUT2D eigenvalue weighted by atomic mass is 10.1. The van der Waals surface area contributed by atoms with Crippen LogP contribution in [0.2, 0.25) is 0 Å². The molecule has 0 aliphatic carbocycles. The Bertz CT molecular complexity index is 614. The third-order valence-corrected chi connectivity index (χ3v) is 3.02. The molecule has 106 valence electrons. The summed E-state index contributed by atoms with van der Waals surface area (Å²) in [4.78, 5) is 11.8. The van der Waals surface area contributed by atoms with E-state index in [9.17, 15) is 18.0 Å². The van der Waals surface area contributed by atoms with Crippen LogP contribution in [-0.2, 0) is 12.7 Å². The maximum absolute atomic E-state index is 12.7. The van der Waals surface area contributed by atoms with Gasteiger partial charge in [-0.15, -0.1) is 10.2 Å². The quantitative estimate of drug-likeness (QED) is 0.886. The van der Waals surface area contributed by atoms with Gasteiger partial charge in [-0.05, 0) is 18.2 Å². The smallest absolute Gasteiger partial charge is 0.345 e. The van der Waals surface area contributed by atoms with Crippen LogP contribution in [0.4, 0.5) is 13.2 Å². The van der Waals surface area contributed by atoms with Crippen molar-refractivity contribution in [2.75, 3.05) is 0 Å². The number of hydrogen-bond acceptors (Lipinski definition) is 4. The summed E-state index contributed by atoms with van der Waals surface area (Å²) in [6, 6.07) is 3.23. The molecular formula is C10H7BrF3N5O. The molecular weight excluding hydrogens is 343 g/mol. The van der Waals surface area contributed by atoms with Gasteiger partial charge in [0.05, 0.1) is 12.1 Å². The number of halogens is 4. The van der Waals surface area contributed by atoms with Crippen LogP contribution in [0.3, 0.4) is 0 Å². The predicted octanol–water partition coefficient (Wildman–Crippen LogP) is 1.91. The van der Waals surface area contributed by atoms with Crippen LogP contribution >= 0.6 is 15.9 Å². The van der Waals surface area contributed by atoms with E-state index in [4.69, 9.17) is 0 Å². The fourth-order valence-corrected chi connectivity index (χ4v) is 1.87. The van der Waals surface area contributed by atoms with Crippen molar-refractivity contribution >= 4 is 21.8 Å². The molecule has 0 aliphatic heterocycles. The molecule has 0 saturated carbocycles. The fraction of sp³-hybridized carbons (Fsp3) is 0.200. The number of aromatic nitrogens is 4. The second-order valence-corrected chi connectivity index (χ2v) is 4.56. The highest BCUT2D eigenvalue weighted by molar-refractivity contribution is 9.10. The van der Waals surface area contributed by atoms with Crippen LogP contribution in [0, 0.1) is 0 Å². The molecule has 20 heavy (non-hydrogen) atoms. The third kappa shape index (κ3) is 3.32. The van der Waals surface area contributed by atoms with Crippen molar-refractivity contribution in [2.24, 2.45) is 0 Å². The number of nitrogens with one attached hydrogen (secondary N) is 2. The molecule has 2 N–H and O–H groups in total. The van der Waals surface area contributed by atoms with Crippen molar-refractivity contribution in [3.05, 3.63) is 39.6 Å². The van der Waals surface area contributed by atoms with E-state index in [0.717, 1.165) is 6.07 Å². The average molecular weight is 350 g/mol. The molecule has 2 aromatic rings. The minimum absolute atomic E-state index is 0.0350. The van der Waals surface area contributed by atoms with E-state index in [0.29, 0.717) is 0 Å². The highest BCUT2D eigenvalue weighted by Gasteiger charge is 2.33. The van der Waals surface area contributed by atoms with E-state index < -0.39 is 17.6 Å². The van der Waals surface area contributed by atoms with Gasteiger partial charge in [0.15, 0.2) is 5.82 Å². The summed E-state index contributed by atoms with van der Waals surface area (Å²) >= 11 is 2.80. The van der Waals surface area contributed by atoms with E-state index in [1.165, 1.54) is 12.1 Å². The maximum Gasteiger partial charge on any atom is 0.417 e. The summed E-state index contributed by atoms with van der Waals surface area (Å²) in [5.74, 6) is -0.431. The molecule has 10 heteroatoms. The lowest BCUT2D eigenvalue weighted by molar-refractivity contribution is -0.138. The molecule has 1 aromatic carbocycles. The molecule has 0 atom stereocenters. The van der Waals surface area contributed by atoms with Crippen molar-refractivity contribution < 1.29 is 18.0 Å². The van der Waals surface area contributed by atoms with E-state index in [1.807, 2.05) is 0 Å². The highest BCUT2D eigenvalue weighted by atomic mass is 79.9. The molecule has 1 aromatic heterocycles. The van der Waals surface area contributed by atoms with Crippen molar-refractivity contribution in [1.82, 2.24) is 25.9 Å². The second kappa shape index (κ2) is 5.57. The Morgan fingerprint density at radius 1 is 1.40 bits per heavy atom. The molecule has 0 unspecified atom stereocenters. The Morgan fingerprint density at radius 2 is 2.15 bits per heavy atom. The Balaban J connectivity index is 2.14. The molecule has 2 rings (SSSR count). The van der Waals surface area contributed by atoms with E-state index in [-0.39, 0.29) is 22.4 Å². The minimum atomic E-state index is -4.54. The van der Waals surface area contributed by atoms with Gasteiger partial charge in [0.2, 0.25) is 0 Å². The molecule has 0 saturated heterocycles. The lowest BCUT2D eigenvalue weighted by Gasteiger charge is -2.10. The van der Waals surface area contributed by atoms with Crippen LogP contribution in [0.25, 0.3) is 0 Å². The number of alkyl halides is 3. The number of nitrogens with zero attached hydrogens (tertiary/aromatic N) is 3. The second-order valence-electron chi connectivity index (χ2n) is 3.70. The van der Waals surface area contributed by atoms with Crippen molar-refractivity contribution in [2.45, 2.75) is 12.7 Å². The molecule has 0 fully saturated rings. The number of tetrazole rings is 1. The van der Waals surface area contributed by atoms with Gasteiger partial charge in [0.25, 0.3) is 5.91 Å². The molecule has 0 aliphatic rings. The third-order valence-electron chi connectivity index (χ3n) is 2.33. The lowest BCUT2D eigenvalue weighted by Crippen LogP contribution is -2.24. The summed E-state index contributed by atoms with van der Waals surface area (Å²) in [5, 5.41) is 15.1. The Labute approximate surface area is 118 Å². The van der Waals surface area contributed by atoms with Gasteiger partial charge in [0, 0.05) is 10.0 Å². The molecule has 1 heterocycles. The first kappa shape index (κ1) is 14.4. The van der Waals surface area contributed by atoms with Gasteiger partial charge in [-0.2, -0.15) is 18.4 Å². The number of hydrogen-bond donors (Lipinski definition) is 2. The monoisotopic (exact) mass is 349 g/mol. The summed E-state index contributed by atoms with van der Waals surface area (Å²) < 4.78 is 38.0. The number of carbonyl (C=O) groups is 1. The van der Waals surface area contributed by atoms with E-state index >= 15 is 0 Å². The van der Waals surface area contributed by atoms with Crippen molar-refractivity contribution in [3.8, 4) is 0 Å². The standard InChI is InChI=1S/C10H7BrF3N5O/c11-7-2-1-5(3-6(7)10(12,13)14)9(20)15-4-8-16-18-19-17-8/h1-3H,4H2,(H,15,20)(H,16,17,18,19).